The number of nitrogens with zero attached hydrogens (tertiary/aromatic N) is 1. The molecule has 10 heavy (non-hydrogen) atoms. The predicted octanol–water partition coefficient (Wildman–Crippen LogP) is 0.853. The van der Waals surface area contributed by atoms with Crippen molar-refractivity contribution >= 4 is 0 Å². The van der Waals surface area contributed by atoms with E-state index < -0.39 is 0 Å². The van der Waals surface area contributed by atoms with Crippen LogP contribution < -0.4 is 0 Å². The topological polar surface area (TPSA) is 23.5 Å². The van der Waals surface area contributed by atoms with Crippen LogP contribution in [-0.2, 0) is 0 Å². The molecular weight excluding hydrogens is 126 g/mol. The van der Waals surface area contributed by atoms with Gasteiger partial charge in [-0.25, -0.2) is 0 Å². The molecule has 60 valence electrons. The van der Waals surface area contributed by atoms with E-state index >= 15 is 0 Å². The van der Waals surface area contributed by atoms with E-state index in [0.29, 0.717) is 12.6 Å². The van der Waals surface area contributed by atoms with E-state index in [1.807, 2.05) is 0 Å². The predicted molar refractivity (Wildman–Crippen MR) is 42.0 cm³/mol. The van der Waals surface area contributed by atoms with Gasteiger partial charge in [0.05, 0.1) is 0 Å². The van der Waals surface area contributed by atoms with E-state index in [1.54, 1.807) is 0 Å². The summed E-state index contributed by atoms with van der Waals surface area (Å²) in [4.78, 5) is 2.45. The number of likely N-dealkylation sites (tertiary alicyclic amines) is 1. The van der Waals surface area contributed by atoms with Crippen LogP contribution in [0.4, 0.5) is 0 Å². The maximum Gasteiger partial charge on any atom is 0.0445 e. The minimum Gasteiger partial charge on any atom is -0.396 e. The average molecular weight is 143 g/mol. The van der Waals surface area contributed by atoms with Crippen molar-refractivity contribution in [3.05, 3.63) is 0 Å². The molecule has 0 unspecified atom stereocenters. The molecule has 0 bridgehead atoms. The molecule has 0 amide bonds. The quantitative estimate of drug-likeness (QED) is 0.633. The summed E-state index contributed by atoms with van der Waals surface area (Å²) >= 11 is 0. The zero-order valence-electron chi connectivity index (χ0n) is 6.71. The second kappa shape index (κ2) is 3.94. The molecule has 0 radical (unpaired) electrons. The Hall–Kier alpha value is -0.0800. The molecule has 1 aliphatic heterocycles. The minimum absolute atomic E-state index is 0.348. The standard InChI is InChI=1S/C8H17NO/c1-2-9-6-3-4-8(9)5-7-10/h8,10H,2-7H2,1H3/t8-/m1/s1. The number of aliphatic hydroxyl groups is 1. The Labute approximate surface area is 62.8 Å². The van der Waals surface area contributed by atoms with E-state index in [9.17, 15) is 0 Å². The van der Waals surface area contributed by atoms with Gasteiger partial charge in [0, 0.05) is 12.6 Å². The van der Waals surface area contributed by atoms with Gasteiger partial charge in [-0.1, -0.05) is 6.92 Å². The summed E-state index contributed by atoms with van der Waals surface area (Å²) in [5.74, 6) is 0. The smallest absolute Gasteiger partial charge is 0.0445 e. The lowest BCUT2D eigenvalue weighted by Gasteiger charge is -2.21. The Morgan fingerprint density at radius 1 is 1.60 bits per heavy atom. The maximum absolute atomic E-state index is 8.71. The van der Waals surface area contributed by atoms with Gasteiger partial charge < -0.3 is 10.0 Å². The summed E-state index contributed by atoms with van der Waals surface area (Å²) in [5.41, 5.74) is 0. The van der Waals surface area contributed by atoms with Crippen molar-refractivity contribution in [2.45, 2.75) is 32.2 Å². The Morgan fingerprint density at radius 3 is 3.00 bits per heavy atom. The van der Waals surface area contributed by atoms with Crippen LogP contribution in [0.25, 0.3) is 0 Å². The molecular formula is C8H17NO. The molecule has 0 saturated carbocycles. The second-order valence-corrected chi connectivity index (χ2v) is 2.94. The normalized spacial score (nSPS) is 27.6. The van der Waals surface area contributed by atoms with Crippen LogP contribution in [0.5, 0.6) is 0 Å². The fourth-order valence-electron chi connectivity index (χ4n) is 1.79. The van der Waals surface area contributed by atoms with Gasteiger partial charge in [0.15, 0.2) is 0 Å². The molecule has 1 atom stereocenters. The summed E-state index contributed by atoms with van der Waals surface area (Å²) < 4.78 is 0. The van der Waals surface area contributed by atoms with E-state index in [4.69, 9.17) is 5.11 Å². The molecule has 1 saturated heterocycles. The van der Waals surface area contributed by atoms with Crippen molar-refractivity contribution in [1.29, 1.82) is 0 Å². The molecule has 0 aromatic carbocycles. The highest BCUT2D eigenvalue weighted by Gasteiger charge is 2.21. The van der Waals surface area contributed by atoms with Crippen LogP contribution in [0, 0.1) is 0 Å². The van der Waals surface area contributed by atoms with Crippen molar-refractivity contribution < 1.29 is 5.11 Å². The zero-order chi connectivity index (χ0) is 7.40. The monoisotopic (exact) mass is 143 g/mol. The van der Waals surface area contributed by atoms with Crippen LogP contribution in [0.1, 0.15) is 26.2 Å². The third kappa shape index (κ3) is 1.70. The van der Waals surface area contributed by atoms with Crippen LogP contribution in [0.3, 0.4) is 0 Å². The molecule has 1 fully saturated rings. The lowest BCUT2D eigenvalue weighted by molar-refractivity contribution is 0.201. The fourth-order valence-corrected chi connectivity index (χ4v) is 1.79. The van der Waals surface area contributed by atoms with E-state index in [2.05, 4.69) is 11.8 Å². The SMILES string of the molecule is CCN1CCC[C@@H]1CCO. The van der Waals surface area contributed by atoms with Gasteiger partial charge in [-0.2, -0.15) is 0 Å². The summed E-state index contributed by atoms with van der Waals surface area (Å²) in [6.07, 6.45) is 3.57. The van der Waals surface area contributed by atoms with Crippen molar-refractivity contribution in [3.8, 4) is 0 Å². The number of hydrogen-bond acceptors (Lipinski definition) is 2. The van der Waals surface area contributed by atoms with Gasteiger partial charge in [0.25, 0.3) is 0 Å². The van der Waals surface area contributed by atoms with Crippen molar-refractivity contribution in [2.24, 2.45) is 0 Å². The molecule has 1 rings (SSSR count). The minimum atomic E-state index is 0.348. The molecule has 1 aliphatic rings. The molecule has 1 N–H and O–H groups in total. The number of rotatable bonds is 3. The van der Waals surface area contributed by atoms with Crippen LogP contribution in [-0.4, -0.2) is 35.7 Å². The highest BCUT2D eigenvalue weighted by atomic mass is 16.3. The summed E-state index contributed by atoms with van der Waals surface area (Å²) in [6.45, 7) is 4.92. The molecule has 0 spiro atoms. The molecule has 2 nitrogen and oxygen atoms in total. The van der Waals surface area contributed by atoms with Gasteiger partial charge in [0.2, 0.25) is 0 Å². The summed E-state index contributed by atoms with van der Waals surface area (Å²) in [5, 5.41) is 8.71. The average Bonchev–Trinajstić information content (AvgIpc) is 2.36. The zero-order valence-corrected chi connectivity index (χ0v) is 6.71. The lowest BCUT2D eigenvalue weighted by Crippen LogP contribution is -2.29. The lowest BCUT2D eigenvalue weighted by atomic mass is 10.1. The highest BCUT2D eigenvalue weighted by molar-refractivity contribution is 4.77. The Bertz CT molecular complexity index is 95.3. The first-order chi connectivity index (χ1) is 4.88. The van der Waals surface area contributed by atoms with Crippen molar-refractivity contribution in [2.75, 3.05) is 19.7 Å². The first-order valence-corrected chi connectivity index (χ1v) is 4.23. The van der Waals surface area contributed by atoms with Crippen molar-refractivity contribution in [1.82, 2.24) is 4.90 Å². The largest absolute Gasteiger partial charge is 0.396 e. The van der Waals surface area contributed by atoms with Crippen LogP contribution in [0.15, 0.2) is 0 Å². The van der Waals surface area contributed by atoms with E-state index in [0.717, 1.165) is 13.0 Å². The highest BCUT2D eigenvalue weighted by Crippen LogP contribution is 2.18. The molecule has 1 heterocycles. The van der Waals surface area contributed by atoms with Gasteiger partial charge in [-0.15, -0.1) is 0 Å². The second-order valence-electron chi connectivity index (χ2n) is 2.94. The van der Waals surface area contributed by atoms with E-state index in [1.165, 1.54) is 19.4 Å². The van der Waals surface area contributed by atoms with Crippen molar-refractivity contribution in [3.63, 3.8) is 0 Å². The van der Waals surface area contributed by atoms with Crippen LogP contribution in [0.2, 0.25) is 0 Å². The first-order valence-electron chi connectivity index (χ1n) is 4.23. The molecule has 0 aromatic heterocycles. The Kier molecular flexibility index (Phi) is 3.16. The summed E-state index contributed by atoms with van der Waals surface area (Å²) in [6, 6.07) is 0.676. The van der Waals surface area contributed by atoms with E-state index in [-0.39, 0.29) is 0 Å². The Morgan fingerprint density at radius 2 is 2.40 bits per heavy atom. The number of hydrogen-bond donors (Lipinski definition) is 1. The maximum atomic E-state index is 8.71. The van der Waals surface area contributed by atoms with Crippen LogP contribution >= 0.6 is 0 Å². The van der Waals surface area contributed by atoms with Gasteiger partial charge in [-0.3, -0.25) is 0 Å². The third-order valence-corrected chi connectivity index (χ3v) is 2.37. The fraction of sp³-hybridized carbons (Fsp3) is 1.00. The number of aliphatic hydroxyl groups excluding tert-OH is 1. The first kappa shape index (κ1) is 8.02. The Balaban J connectivity index is 2.27. The van der Waals surface area contributed by atoms with Gasteiger partial charge in [0.1, 0.15) is 0 Å². The van der Waals surface area contributed by atoms with Gasteiger partial charge in [-0.05, 0) is 32.4 Å². The molecule has 0 aliphatic carbocycles. The third-order valence-electron chi connectivity index (χ3n) is 2.37. The van der Waals surface area contributed by atoms with Gasteiger partial charge >= 0.3 is 0 Å². The molecule has 0 aromatic rings. The summed E-state index contributed by atoms with van der Waals surface area (Å²) in [7, 11) is 0. The molecule has 2 heteroatoms.